The summed E-state index contributed by atoms with van der Waals surface area (Å²) in [6.45, 7) is 3.62. The van der Waals surface area contributed by atoms with E-state index in [4.69, 9.17) is 0 Å². The van der Waals surface area contributed by atoms with Crippen LogP contribution in [0.1, 0.15) is 18.4 Å². The molecule has 0 saturated carbocycles. The van der Waals surface area contributed by atoms with Crippen LogP contribution < -0.4 is 0 Å². The summed E-state index contributed by atoms with van der Waals surface area (Å²) in [5.74, 6) is 0. The molecule has 1 nitrogen and oxygen atoms in total. The van der Waals surface area contributed by atoms with Gasteiger partial charge in [-0.15, -0.1) is 5.56 Å². The van der Waals surface area contributed by atoms with Gasteiger partial charge in [-0.3, -0.25) is 0 Å². The normalized spacial score (nSPS) is 16.2. The van der Waals surface area contributed by atoms with Crippen LogP contribution in [0.5, 0.6) is 0 Å². The Labute approximate surface area is 107 Å². The SMILES string of the molecule is [Zn+][I].[c-]1ccccc1CN1CCCC1. The van der Waals surface area contributed by atoms with Crippen molar-refractivity contribution in [1.82, 2.24) is 4.90 Å². The van der Waals surface area contributed by atoms with Gasteiger partial charge >= 0.3 is 34.5 Å². The average Bonchev–Trinajstić information content (AvgIpc) is 2.75. The van der Waals surface area contributed by atoms with Gasteiger partial charge in [0.15, 0.2) is 0 Å². The number of nitrogens with zero attached hydrogens (tertiary/aromatic N) is 1. The van der Waals surface area contributed by atoms with Crippen LogP contribution >= 0.6 is 19.8 Å². The van der Waals surface area contributed by atoms with Gasteiger partial charge in [0.05, 0.1) is 0 Å². The van der Waals surface area contributed by atoms with E-state index < -0.39 is 0 Å². The number of likely N-dealkylation sites (tertiary alicyclic amines) is 1. The quantitative estimate of drug-likeness (QED) is 0.449. The molecule has 14 heavy (non-hydrogen) atoms. The third-order valence-corrected chi connectivity index (χ3v) is 2.37. The molecule has 1 aromatic carbocycles. The Bertz CT molecular complexity index is 234. The van der Waals surface area contributed by atoms with E-state index >= 15 is 0 Å². The van der Waals surface area contributed by atoms with Crippen LogP contribution in [0.4, 0.5) is 0 Å². The second-order valence-corrected chi connectivity index (χ2v) is 3.37. The topological polar surface area (TPSA) is 3.24 Å². The molecular formula is C11H14INZn. The van der Waals surface area contributed by atoms with Gasteiger partial charge in [0.25, 0.3) is 0 Å². The van der Waals surface area contributed by atoms with Gasteiger partial charge in [0.1, 0.15) is 0 Å². The zero-order valence-electron chi connectivity index (χ0n) is 8.38. The van der Waals surface area contributed by atoms with Crippen molar-refractivity contribution < 1.29 is 14.8 Å². The smallest absolute Gasteiger partial charge is 0.000731 e. The molecule has 2 rings (SSSR count). The first-order valence-electron chi connectivity index (χ1n) is 4.90. The molecule has 0 unspecified atom stereocenters. The van der Waals surface area contributed by atoms with Crippen molar-refractivity contribution in [1.29, 1.82) is 0 Å². The first kappa shape index (κ1) is 12.6. The average molecular weight is 353 g/mol. The molecule has 1 fully saturated rings. The molecule has 0 bridgehead atoms. The van der Waals surface area contributed by atoms with Gasteiger partial charge in [0, 0.05) is 6.54 Å². The predicted octanol–water partition coefficient (Wildman–Crippen LogP) is 2.97. The molecule has 1 heterocycles. The van der Waals surface area contributed by atoms with Gasteiger partial charge in [0.2, 0.25) is 0 Å². The molecule has 0 atom stereocenters. The third kappa shape index (κ3) is 4.37. The molecule has 1 aromatic rings. The van der Waals surface area contributed by atoms with E-state index in [0.717, 1.165) is 6.54 Å². The van der Waals surface area contributed by atoms with Crippen molar-refractivity contribution in [2.45, 2.75) is 19.4 Å². The standard InChI is InChI=1S/C11H14N.HI.Zn/c1-2-6-11(7-3-1)10-12-8-4-5-9-12;;/h1-3,6H,4-5,8-10H2;1H;/q-1;;+2/p-1. The van der Waals surface area contributed by atoms with Crippen molar-refractivity contribution in [3.05, 3.63) is 35.9 Å². The van der Waals surface area contributed by atoms with Gasteiger partial charge < -0.3 is 4.90 Å². The number of hydrogen-bond acceptors (Lipinski definition) is 1. The van der Waals surface area contributed by atoms with Crippen LogP contribution in [0.2, 0.25) is 0 Å². The van der Waals surface area contributed by atoms with Crippen molar-refractivity contribution in [2.75, 3.05) is 13.1 Å². The summed E-state index contributed by atoms with van der Waals surface area (Å²) in [6.07, 6.45) is 2.74. The fraction of sp³-hybridized carbons (Fsp3) is 0.455. The van der Waals surface area contributed by atoms with Gasteiger partial charge in [-0.1, -0.05) is 0 Å². The van der Waals surface area contributed by atoms with Gasteiger partial charge in [-0.05, 0) is 25.9 Å². The molecular weight excluding hydrogens is 338 g/mol. The summed E-state index contributed by atoms with van der Waals surface area (Å²) < 4.78 is 0. The Morgan fingerprint density at radius 1 is 1.29 bits per heavy atom. The van der Waals surface area contributed by atoms with Crippen LogP contribution in [0.15, 0.2) is 24.3 Å². The maximum atomic E-state index is 3.25. The summed E-state index contributed by atoms with van der Waals surface area (Å²) in [5.41, 5.74) is 1.32. The molecule has 0 N–H and O–H groups in total. The van der Waals surface area contributed by atoms with Crippen LogP contribution in [0.3, 0.4) is 0 Å². The van der Waals surface area contributed by atoms with Crippen LogP contribution in [0.25, 0.3) is 0 Å². The molecule has 0 radical (unpaired) electrons. The fourth-order valence-corrected chi connectivity index (χ4v) is 1.71. The molecule has 1 aliphatic rings. The molecule has 0 amide bonds. The van der Waals surface area contributed by atoms with Crippen LogP contribution in [-0.4, -0.2) is 18.0 Å². The molecule has 1 saturated heterocycles. The minimum Gasteiger partial charge on any atom is -0.301 e. The Morgan fingerprint density at radius 2 is 2.00 bits per heavy atom. The first-order chi connectivity index (χ1) is 6.95. The van der Waals surface area contributed by atoms with Crippen LogP contribution in [-0.2, 0) is 21.3 Å². The summed E-state index contributed by atoms with van der Waals surface area (Å²) in [7, 11) is 0. The summed E-state index contributed by atoms with van der Waals surface area (Å²) in [6, 6.07) is 11.5. The van der Waals surface area contributed by atoms with Crippen LogP contribution in [0, 0.1) is 6.07 Å². The second-order valence-electron chi connectivity index (χ2n) is 3.37. The molecule has 0 aromatic heterocycles. The second kappa shape index (κ2) is 7.78. The minimum atomic E-state index is 1.08. The Hall–Kier alpha value is 0.533. The van der Waals surface area contributed by atoms with E-state index in [0.29, 0.717) is 0 Å². The summed E-state index contributed by atoms with van der Waals surface area (Å²) >= 11 is 3.62. The summed E-state index contributed by atoms with van der Waals surface area (Å²) in [4.78, 5) is 2.49. The van der Waals surface area contributed by atoms with E-state index in [1.165, 1.54) is 46.3 Å². The Balaban J connectivity index is 0.000000461. The van der Waals surface area contributed by atoms with Gasteiger partial charge in [-0.2, -0.15) is 30.3 Å². The predicted molar refractivity (Wildman–Crippen MR) is 63.8 cm³/mol. The molecule has 72 valence electrons. The molecule has 0 aliphatic carbocycles. The molecule has 0 spiro atoms. The maximum absolute atomic E-state index is 3.25. The number of halogens is 1. The van der Waals surface area contributed by atoms with Crippen molar-refractivity contribution >= 4 is 19.8 Å². The van der Waals surface area contributed by atoms with Crippen molar-refractivity contribution in [3.8, 4) is 0 Å². The maximum Gasteiger partial charge on any atom is 0.000731 e. The van der Waals surface area contributed by atoms with E-state index in [1.807, 2.05) is 12.1 Å². The van der Waals surface area contributed by atoms with E-state index in [9.17, 15) is 0 Å². The Kier molecular flexibility index (Phi) is 7.00. The summed E-state index contributed by atoms with van der Waals surface area (Å²) in [5, 5.41) is 0. The van der Waals surface area contributed by atoms with E-state index in [2.05, 4.69) is 42.8 Å². The largest absolute Gasteiger partial charge is 0.301 e. The van der Waals surface area contributed by atoms with E-state index in [1.54, 1.807) is 0 Å². The van der Waals surface area contributed by atoms with Crippen molar-refractivity contribution in [3.63, 3.8) is 0 Å². The Morgan fingerprint density at radius 3 is 2.57 bits per heavy atom. The molecule has 1 aliphatic heterocycles. The molecule has 3 heteroatoms. The number of hydrogen-bond donors (Lipinski definition) is 0. The monoisotopic (exact) mass is 351 g/mol. The fourth-order valence-electron chi connectivity index (χ4n) is 1.71. The zero-order valence-corrected chi connectivity index (χ0v) is 13.5. The van der Waals surface area contributed by atoms with Crippen molar-refractivity contribution in [2.24, 2.45) is 0 Å². The zero-order chi connectivity index (χ0) is 10.2. The first-order valence-corrected chi connectivity index (χ1v) is 13.9. The van der Waals surface area contributed by atoms with Gasteiger partial charge in [-0.25, -0.2) is 0 Å². The number of rotatable bonds is 2. The third-order valence-electron chi connectivity index (χ3n) is 2.37. The van der Waals surface area contributed by atoms with E-state index in [-0.39, 0.29) is 0 Å². The number of benzene rings is 1. The minimum absolute atomic E-state index is 1.08.